The minimum atomic E-state index is 0.0407. The highest BCUT2D eigenvalue weighted by Gasteiger charge is 2.18. The SMILES string of the molecule is Cc1nn(-c2ccccc2)c(C)c1CC(=O)NCc1ccccc1C[NH+]1CCCCC1. The second-order valence-corrected chi connectivity index (χ2v) is 8.61. The molecule has 0 atom stereocenters. The van der Waals surface area contributed by atoms with Crippen molar-refractivity contribution >= 4 is 5.91 Å². The monoisotopic (exact) mass is 417 g/mol. The van der Waals surface area contributed by atoms with E-state index in [4.69, 9.17) is 0 Å². The van der Waals surface area contributed by atoms with Crippen LogP contribution in [0.2, 0.25) is 0 Å². The number of hydrogen-bond donors (Lipinski definition) is 2. The lowest BCUT2D eigenvalue weighted by Gasteiger charge is -2.24. The highest BCUT2D eigenvalue weighted by Crippen LogP contribution is 2.18. The first-order valence-corrected chi connectivity index (χ1v) is 11.4. The summed E-state index contributed by atoms with van der Waals surface area (Å²) in [6.07, 6.45) is 4.36. The van der Waals surface area contributed by atoms with E-state index in [9.17, 15) is 4.79 Å². The summed E-state index contributed by atoms with van der Waals surface area (Å²) in [6, 6.07) is 18.6. The third-order valence-electron chi connectivity index (χ3n) is 6.37. The zero-order valence-corrected chi connectivity index (χ0v) is 18.7. The molecule has 0 aliphatic carbocycles. The smallest absolute Gasteiger partial charge is 0.224 e. The number of piperidine rings is 1. The fourth-order valence-electron chi connectivity index (χ4n) is 4.57. The van der Waals surface area contributed by atoms with Crippen molar-refractivity contribution in [3.63, 3.8) is 0 Å². The number of hydrogen-bond acceptors (Lipinski definition) is 2. The Morgan fingerprint density at radius 1 is 0.968 bits per heavy atom. The van der Waals surface area contributed by atoms with E-state index in [-0.39, 0.29) is 5.91 Å². The molecule has 31 heavy (non-hydrogen) atoms. The molecule has 2 heterocycles. The van der Waals surface area contributed by atoms with Crippen molar-refractivity contribution < 1.29 is 9.69 Å². The summed E-state index contributed by atoms with van der Waals surface area (Å²) in [7, 11) is 0. The number of rotatable bonds is 7. The number of carbonyl (C=O) groups excluding carboxylic acids is 1. The molecule has 1 fully saturated rings. The first kappa shape index (κ1) is 21.3. The maximum Gasteiger partial charge on any atom is 0.224 e. The molecule has 5 nitrogen and oxygen atoms in total. The normalized spacial score (nSPS) is 14.5. The lowest BCUT2D eigenvalue weighted by atomic mass is 10.0. The van der Waals surface area contributed by atoms with Gasteiger partial charge >= 0.3 is 0 Å². The molecule has 4 rings (SSSR count). The molecule has 1 aliphatic rings. The Morgan fingerprint density at radius 3 is 2.39 bits per heavy atom. The Kier molecular flexibility index (Phi) is 6.82. The Morgan fingerprint density at radius 2 is 1.65 bits per heavy atom. The third kappa shape index (κ3) is 5.23. The van der Waals surface area contributed by atoms with E-state index >= 15 is 0 Å². The summed E-state index contributed by atoms with van der Waals surface area (Å²) in [6.45, 7) is 8.15. The van der Waals surface area contributed by atoms with Crippen molar-refractivity contribution in [2.45, 2.75) is 52.6 Å². The summed E-state index contributed by atoms with van der Waals surface area (Å²) in [5.41, 5.74) is 6.53. The summed E-state index contributed by atoms with van der Waals surface area (Å²) < 4.78 is 1.93. The van der Waals surface area contributed by atoms with Crippen LogP contribution in [0.1, 0.15) is 47.3 Å². The Hall–Kier alpha value is -2.92. The van der Waals surface area contributed by atoms with Crippen LogP contribution < -0.4 is 10.2 Å². The number of nitrogens with one attached hydrogen (secondary N) is 2. The number of aromatic nitrogens is 2. The van der Waals surface area contributed by atoms with Gasteiger partial charge in [-0.15, -0.1) is 0 Å². The maximum atomic E-state index is 12.8. The number of nitrogens with zero attached hydrogens (tertiary/aromatic N) is 2. The molecular formula is C26H33N4O+. The van der Waals surface area contributed by atoms with Crippen LogP contribution >= 0.6 is 0 Å². The van der Waals surface area contributed by atoms with Crippen molar-refractivity contribution in [2.75, 3.05) is 13.1 Å². The van der Waals surface area contributed by atoms with Gasteiger partial charge in [0.25, 0.3) is 0 Å². The number of quaternary nitrogens is 1. The molecule has 0 radical (unpaired) electrons. The quantitative estimate of drug-likeness (QED) is 0.621. The van der Waals surface area contributed by atoms with Gasteiger partial charge in [0, 0.05) is 23.4 Å². The lowest BCUT2D eigenvalue weighted by Crippen LogP contribution is -3.11. The predicted octanol–water partition coefficient (Wildman–Crippen LogP) is 2.92. The largest absolute Gasteiger partial charge is 0.352 e. The number of carbonyl (C=O) groups is 1. The van der Waals surface area contributed by atoms with Crippen LogP contribution in [0.25, 0.3) is 5.69 Å². The Balaban J connectivity index is 1.40. The molecule has 2 N–H and O–H groups in total. The molecule has 0 saturated carbocycles. The van der Waals surface area contributed by atoms with Gasteiger partial charge in [0.15, 0.2) is 0 Å². The average molecular weight is 418 g/mol. The second kappa shape index (κ2) is 9.92. The van der Waals surface area contributed by atoms with Gasteiger partial charge in [-0.2, -0.15) is 5.10 Å². The number of para-hydroxylation sites is 1. The van der Waals surface area contributed by atoms with Crippen LogP contribution in [0, 0.1) is 13.8 Å². The van der Waals surface area contributed by atoms with Crippen LogP contribution in [0.15, 0.2) is 54.6 Å². The van der Waals surface area contributed by atoms with Crippen LogP contribution in [0.3, 0.4) is 0 Å². The van der Waals surface area contributed by atoms with Crippen LogP contribution in [-0.2, 0) is 24.3 Å². The van der Waals surface area contributed by atoms with Gasteiger partial charge in [0.05, 0.1) is 30.9 Å². The fourth-order valence-corrected chi connectivity index (χ4v) is 4.57. The minimum absolute atomic E-state index is 0.0407. The van der Waals surface area contributed by atoms with Crippen molar-refractivity contribution in [3.8, 4) is 5.69 Å². The first-order chi connectivity index (χ1) is 15.1. The standard InChI is InChI=1S/C26H32N4O/c1-20-25(21(2)30(28-20)24-13-5-3-6-14-24)17-26(31)27-18-22-11-7-8-12-23(22)19-29-15-9-4-10-16-29/h3,5-8,11-14H,4,9-10,15-19H2,1-2H3,(H,27,31)/p+1. The van der Waals surface area contributed by atoms with Crippen molar-refractivity contribution in [3.05, 3.63) is 82.7 Å². The topological polar surface area (TPSA) is 51.4 Å². The summed E-state index contributed by atoms with van der Waals surface area (Å²) >= 11 is 0. The number of aryl methyl sites for hydroxylation is 1. The van der Waals surface area contributed by atoms with Crippen LogP contribution in [0.5, 0.6) is 0 Å². The van der Waals surface area contributed by atoms with Gasteiger partial charge < -0.3 is 10.2 Å². The second-order valence-electron chi connectivity index (χ2n) is 8.61. The number of amides is 1. The molecule has 0 bridgehead atoms. The zero-order valence-electron chi connectivity index (χ0n) is 18.7. The summed E-state index contributed by atoms with van der Waals surface area (Å²) in [4.78, 5) is 14.4. The lowest BCUT2D eigenvalue weighted by molar-refractivity contribution is -0.918. The van der Waals surface area contributed by atoms with E-state index in [0.717, 1.165) is 29.2 Å². The molecular weight excluding hydrogens is 384 g/mol. The molecule has 0 unspecified atom stereocenters. The molecule has 2 aromatic carbocycles. The Bertz CT molecular complexity index is 1020. The van der Waals surface area contributed by atoms with Gasteiger partial charge in [-0.1, -0.05) is 42.5 Å². The molecule has 1 amide bonds. The van der Waals surface area contributed by atoms with E-state index in [1.165, 1.54) is 43.5 Å². The van der Waals surface area contributed by atoms with Crippen LogP contribution in [-0.4, -0.2) is 28.8 Å². The number of likely N-dealkylation sites (tertiary alicyclic amines) is 1. The predicted molar refractivity (Wildman–Crippen MR) is 123 cm³/mol. The fraction of sp³-hybridized carbons (Fsp3) is 0.385. The summed E-state index contributed by atoms with van der Waals surface area (Å²) in [5.74, 6) is 0.0407. The maximum absolute atomic E-state index is 12.8. The van der Waals surface area contributed by atoms with E-state index in [1.54, 1.807) is 4.90 Å². The van der Waals surface area contributed by atoms with Gasteiger partial charge in [-0.3, -0.25) is 4.79 Å². The van der Waals surface area contributed by atoms with Gasteiger partial charge in [0.2, 0.25) is 5.91 Å². The average Bonchev–Trinajstić information content (AvgIpc) is 3.08. The van der Waals surface area contributed by atoms with Crippen molar-refractivity contribution in [1.82, 2.24) is 15.1 Å². The number of benzene rings is 2. The van der Waals surface area contributed by atoms with Crippen molar-refractivity contribution in [1.29, 1.82) is 0 Å². The molecule has 1 aliphatic heterocycles. The highest BCUT2D eigenvalue weighted by atomic mass is 16.1. The minimum Gasteiger partial charge on any atom is -0.352 e. The van der Waals surface area contributed by atoms with E-state index < -0.39 is 0 Å². The van der Waals surface area contributed by atoms with E-state index in [2.05, 4.69) is 34.7 Å². The Labute approximate surface area is 185 Å². The zero-order chi connectivity index (χ0) is 21.6. The third-order valence-corrected chi connectivity index (χ3v) is 6.37. The van der Waals surface area contributed by atoms with Gasteiger partial charge in [-0.05, 0) is 50.8 Å². The van der Waals surface area contributed by atoms with E-state index in [0.29, 0.717) is 13.0 Å². The van der Waals surface area contributed by atoms with Crippen molar-refractivity contribution in [2.24, 2.45) is 0 Å². The van der Waals surface area contributed by atoms with Crippen LogP contribution in [0.4, 0.5) is 0 Å². The summed E-state index contributed by atoms with van der Waals surface area (Å²) in [5, 5.41) is 7.81. The van der Waals surface area contributed by atoms with E-state index in [1.807, 2.05) is 48.9 Å². The molecule has 5 heteroatoms. The molecule has 162 valence electrons. The molecule has 3 aromatic rings. The first-order valence-electron chi connectivity index (χ1n) is 11.4. The molecule has 1 saturated heterocycles. The van der Waals surface area contributed by atoms with Gasteiger partial charge in [0.1, 0.15) is 6.54 Å². The van der Waals surface area contributed by atoms with Gasteiger partial charge in [-0.25, -0.2) is 4.68 Å². The highest BCUT2D eigenvalue weighted by molar-refractivity contribution is 5.79. The molecule has 0 spiro atoms. The molecule has 1 aromatic heterocycles.